The zero-order valence-electron chi connectivity index (χ0n) is 13.4. The number of furan rings is 1. The van der Waals surface area contributed by atoms with Crippen molar-refractivity contribution in [2.45, 2.75) is 20.4 Å². The third-order valence-electron chi connectivity index (χ3n) is 4.04. The molecule has 0 atom stereocenters. The molecule has 1 aliphatic heterocycles. The monoisotopic (exact) mass is 316 g/mol. The largest absolute Gasteiger partial charge is 0.459 e. The number of aromatic nitrogens is 2. The third kappa shape index (κ3) is 3.28. The Balaban J connectivity index is 1.55. The van der Waals surface area contributed by atoms with Gasteiger partial charge in [-0.2, -0.15) is 5.10 Å². The van der Waals surface area contributed by atoms with Crippen molar-refractivity contribution in [3.8, 4) is 0 Å². The number of rotatable bonds is 3. The Kier molecular flexibility index (Phi) is 4.18. The summed E-state index contributed by atoms with van der Waals surface area (Å²) in [4.78, 5) is 28.1. The van der Waals surface area contributed by atoms with Gasteiger partial charge in [-0.15, -0.1) is 0 Å². The molecule has 0 spiro atoms. The molecule has 7 nitrogen and oxygen atoms in total. The summed E-state index contributed by atoms with van der Waals surface area (Å²) >= 11 is 0. The fraction of sp³-hybridized carbons (Fsp3) is 0.438. The summed E-state index contributed by atoms with van der Waals surface area (Å²) in [5, 5.41) is 4.31. The van der Waals surface area contributed by atoms with Crippen LogP contribution in [-0.2, 0) is 11.3 Å². The van der Waals surface area contributed by atoms with E-state index in [2.05, 4.69) is 5.10 Å². The predicted molar refractivity (Wildman–Crippen MR) is 82.9 cm³/mol. The highest BCUT2D eigenvalue weighted by atomic mass is 16.3. The van der Waals surface area contributed by atoms with Gasteiger partial charge >= 0.3 is 0 Å². The SMILES string of the molecule is Cc1cc(C)n(CC(=O)N2CCN(C(=O)c3ccco3)CC2)n1. The lowest BCUT2D eigenvalue weighted by atomic mass is 10.2. The normalized spacial score (nSPS) is 15.0. The summed E-state index contributed by atoms with van der Waals surface area (Å²) in [6, 6.07) is 5.30. The van der Waals surface area contributed by atoms with Crippen LogP contribution < -0.4 is 0 Å². The highest BCUT2D eigenvalue weighted by molar-refractivity contribution is 5.91. The molecule has 1 saturated heterocycles. The second-order valence-electron chi connectivity index (χ2n) is 5.74. The van der Waals surface area contributed by atoms with Gasteiger partial charge in [0.25, 0.3) is 5.91 Å². The van der Waals surface area contributed by atoms with E-state index in [0.717, 1.165) is 11.4 Å². The molecule has 0 N–H and O–H groups in total. The van der Waals surface area contributed by atoms with Crippen LogP contribution in [0.1, 0.15) is 21.9 Å². The lowest BCUT2D eigenvalue weighted by Crippen LogP contribution is -2.51. The van der Waals surface area contributed by atoms with E-state index in [1.807, 2.05) is 19.9 Å². The Hall–Kier alpha value is -2.57. The minimum atomic E-state index is -0.124. The van der Waals surface area contributed by atoms with Crippen LogP contribution in [0.25, 0.3) is 0 Å². The summed E-state index contributed by atoms with van der Waals surface area (Å²) in [5.41, 5.74) is 1.88. The quantitative estimate of drug-likeness (QED) is 0.849. The molecule has 7 heteroatoms. The van der Waals surface area contributed by atoms with Crippen molar-refractivity contribution in [2.75, 3.05) is 26.2 Å². The number of piperazine rings is 1. The van der Waals surface area contributed by atoms with Gasteiger partial charge in [0.05, 0.1) is 12.0 Å². The van der Waals surface area contributed by atoms with Gasteiger partial charge in [-0.1, -0.05) is 0 Å². The van der Waals surface area contributed by atoms with E-state index in [1.54, 1.807) is 26.6 Å². The van der Waals surface area contributed by atoms with E-state index < -0.39 is 0 Å². The van der Waals surface area contributed by atoms with Crippen LogP contribution in [0, 0.1) is 13.8 Å². The standard InChI is InChI=1S/C16H20N4O3/c1-12-10-13(2)20(17-12)11-15(21)18-5-7-19(8-6-18)16(22)14-4-3-9-23-14/h3-4,9-10H,5-8,11H2,1-2H3. The maximum absolute atomic E-state index is 12.4. The number of amides is 2. The molecule has 2 aromatic rings. The summed E-state index contributed by atoms with van der Waals surface area (Å²) in [5.74, 6) is 0.245. The second-order valence-corrected chi connectivity index (χ2v) is 5.74. The van der Waals surface area contributed by atoms with Crippen molar-refractivity contribution < 1.29 is 14.0 Å². The number of carbonyl (C=O) groups is 2. The van der Waals surface area contributed by atoms with Gasteiger partial charge in [0, 0.05) is 31.9 Å². The molecular formula is C16H20N4O3. The van der Waals surface area contributed by atoms with Crippen molar-refractivity contribution in [3.05, 3.63) is 41.6 Å². The van der Waals surface area contributed by atoms with E-state index in [4.69, 9.17) is 4.42 Å². The number of hydrogen-bond donors (Lipinski definition) is 0. The van der Waals surface area contributed by atoms with E-state index >= 15 is 0 Å². The number of nitrogens with zero attached hydrogens (tertiary/aromatic N) is 4. The molecule has 2 aromatic heterocycles. The van der Waals surface area contributed by atoms with Gasteiger partial charge in [0.1, 0.15) is 6.54 Å². The fourth-order valence-electron chi connectivity index (χ4n) is 2.78. The molecule has 3 heterocycles. The molecule has 0 unspecified atom stereocenters. The predicted octanol–water partition coefficient (Wildman–Crippen LogP) is 1.08. The van der Waals surface area contributed by atoms with Gasteiger partial charge in [-0.25, -0.2) is 0 Å². The smallest absolute Gasteiger partial charge is 0.289 e. The molecule has 2 amide bonds. The Morgan fingerprint density at radius 1 is 1.17 bits per heavy atom. The first-order valence-corrected chi connectivity index (χ1v) is 7.66. The third-order valence-corrected chi connectivity index (χ3v) is 4.04. The minimum Gasteiger partial charge on any atom is -0.459 e. The minimum absolute atomic E-state index is 0.0290. The number of carbonyl (C=O) groups excluding carboxylic acids is 2. The molecule has 23 heavy (non-hydrogen) atoms. The van der Waals surface area contributed by atoms with Crippen LogP contribution in [0.3, 0.4) is 0 Å². The first-order valence-electron chi connectivity index (χ1n) is 7.66. The lowest BCUT2D eigenvalue weighted by Gasteiger charge is -2.34. The second kappa shape index (κ2) is 6.28. The summed E-state index contributed by atoms with van der Waals surface area (Å²) in [6.45, 7) is 6.19. The van der Waals surface area contributed by atoms with E-state index in [-0.39, 0.29) is 18.4 Å². The molecule has 0 radical (unpaired) electrons. The van der Waals surface area contributed by atoms with Crippen LogP contribution in [0.5, 0.6) is 0 Å². The van der Waals surface area contributed by atoms with Gasteiger partial charge in [0.15, 0.2) is 5.76 Å². The fourth-order valence-corrected chi connectivity index (χ4v) is 2.78. The van der Waals surface area contributed by atoms with E-state index in [9.17, 15) is 9.59 Å². The topological polar surface area (TPSA) is 71.6 Å². The van der Waals surface area contributed by atoms with Crippen molar-refractivity contribution in [1.29, 1.82) is 0 Å². The summed E-state index contributed by atoms with van der Waals surface area (Å²) < 4.78 is 6.85. The molecule has 0 aliphatic carbocycles. The zero-order valence-corrected chi connectivity index (χ0v) is 13.4. The maximum Gasteiger partial charge on any atom is 0.289 e. The van der Waals surface area contributed by atoms with Crippen LogP contribution in [-0.4, -0.2) is 57.6 Å². The van der Waals surface area contributed by atoms with Crippen LogP contribution in [0.15, 0.2) is 28.9 Å². The molecule has 0 bridgehead atoms. The Bertz CT molecular complexity index is 697. The van der Waals surface area contributed by atoms with Crippen LogP contribution in [0.2, 0.25) is 0 Å². The van der Waals surface area contributed by atoms with E-state index in [1.165, 1.54) is 6.26 Å². The first-order chi connectivity index (χ1) is 11.0. The van der Waals surface area contributed by atoms with Crippen molar-refractivity contribution in [1.82, 2.24) is 19.6 Å². The van der Waals surface area contributed by atoms with Gasteiger partial charge in [-0.3, -0.25) is 14.3 Å². The summed E-state index contributed by atoms with van der Waals surface area (Å²) in [7, 11) is 0. The maximum atomic E-state index is 12.4. The van der Waals surface area contributed by atoms with Crippen molar-refractivity contribution >= 4 is 11.8 Å². The highest BCUT2D eigenvalue weighted by Crippen LogP contribution is 2.10. The Labute approximate surface area is 134 Å². The molecule has 1 fully saturated rings. The highest BCUT2D eigenvalue weighted by Gasteiger charge is 2.26. The van der Waals surface area contributed by atoms with E-state index in [0.29, 0.717) is 31.9 Å². The van der Waals surface area contributed by atoms with Crippen LogP contribution in [0.4, 0.5) is 0 Å². The first kappa shape index (κ1) is 15.3. The molecule has 1 aliphatic rings. The molecule has 3 rings (SSSR count). The average molecular weight is 316 g/mol. The summed E-state index contributed by atoms with van der Waals surface area (Å²) in [6.07, 6.45) is 1.49. The molecule has 122 valence electrons. The van der Waals surface area contributed by atoms with Crippen LogP contribution >= 0.6 is 0 Å². The lowest BCUT2D eigenvalue weighted by molar-refractivity contribution is -0.133. The zero-order chi connectivity index (χ0) is 16.4. The number of aryl methyl sites for hydroxylation is 2. The van der Waals surface area contributed by atoms with Gasteiger partial charge < -0.3 is 14.2 Å². The Morgan fingerprint density at radius 2 is 1.87 bits per heavy atom. The molecule has 0 saturated carbocycles. The van der Waals surface area contributed by atoms with Gasteiger partial charge in [-0.05, 0) is 32.0 Å². The van der Waals surface area contributed by atoms with Gasteiger partial charge in [0.2, 0.25) is 5.91 Å². The number of hydrogen-bond acceptors (Lipinski definition) is 4. The average Bonchev–Trinajstić information content (AvgIpc) is 3.17. The molecule has 0 aromatic carbocycles. The van der Waals surface area contributed by atoms with Crippen molar-refractivity contribution in [3.63, 3.8) is 0 Å². The Morgan fingerprint density at radius 3 is 2.43 bits per heavy atom. The molecular weight excluding hydrogens is 296 g/mol. The van der Waals surface area contributed by atoms with Crippen molar-refractivity contribution in [2.24, 2.45) is 0 Å².